The second-order valence-electron chi connectivity index (χ2n) is 3.44. The third-order valence-corrected chi connectivity index (χ3v) is 2.59. The van der Waals surface area contributed by atoms with Crippen LogP contribution in [0.4, 0.5) is 0 Å². The van der Waals surface area contributed by atoms with Crippen molar-refractivity contribution in [2.45, 2.75) is 13.3 Å². The van der Waals surface area contributed by atoms with Crippen molar-refractivity contribution in [3.05, 3.63) is 33.8 Å². The van der Waals surface area contributed by atoms with Crippen molar-refractivity contribution in [1.29, 1.82) is 0 Å². The lowest BCUT2D eigenvalue weighted by molar-refractivity contribution is 0.0908. The highest BCUT2D eigenvalue weighted by molar-refractivity contribution is 6.35. The molecule has 0 aliphatic carbocycles. The summed E-state index contributed by atoms with van der Waals surface area (Å²) in [5.74, 6) is -0.266. The van der Waals surface area contributed by atoms with Crippen molar-refractivity contribution in [3.63, 3.8) is 0 Å². The Morgan fingerprint density at radius 3 is 2.33 bits per heavy atom. The summed E-state index contributed by atoms with van der Waals surface area (Å²) in [7, 11) is 0. The van der Waals surface area contributed by atoms with Gasteiger partial charge in [0.2, 0.25) is 0 Å². The summed E-state index contributed by atoms with van der Waals surface area (Å²) in [6, 6.07) is 4.75. The van der Waals surface area contributed by atoms with Gasteiger partial charge in [-0.2, -0.15) is 0 Å². The smallest absolute Gasteiger partial charge is 0.165 e. The fraction of sp³-hybridized carbons (Fsp3) is 0.364. The third-order valence-electron chi connectivity index (χ3n) is 2.16. The number of carbonyl (C=O) groups excluding carboxylic acids is 1. The highest BCUT2D eigenvalue weighted by Crippen LogP contribution is 2.21. The first-order valence-electron chi connectivity index (χ1n) is 4.65. The molecule has 0 amide bonds. The van der Waals surface area contributed by atoms with E-state index in [2.05, 4.69) is 0 Å². The third kappa shape index (κ3) is 3.49. The number of benzene rings is 1. The second-order valence-corrected chi connectivity index (χ2v) is 4.31. The Morgan fingerprint density at radius 1 is 1.33 bits per heavy atom. The molecule has 82 valence electrons. The number of aliphatic hydroxyl groups excluding tert-OH is 1. The number of Topliss-reactive ketones (excluding diaryl/α,β-unsaturated/α-hetero) is 1. The van der Waals surface area contributed by atoms with Crippen molar-refractivity contribution in [1.82, 2.24) is 0 Å². The van der Waals surface area contributed by atoms with Crippen LogP contribution in [0.1, 0.15) is 23.7 Å². The SMILES string of the molecule is CC(CCO)C(=O)c1cc(Cl)cc(Cl)c1. The van der Waals surface area contributed by atoms with Gasteiger partial charge in [-0.05, 0) is 24.6 Å². The molecule has 0 aromatic heterocycles. The van der Waals surface area contributed by atoms with Gasteiger partial charge in [-0.3, -0.25) is 4.79 Å². The van der Waals surface area contributed by atoms with Crippen LogP contribution >= 0.6 is 23.2 Å². The molecular formula is C11H12Cl2O2. The van der Waals surface area contributed by atoms with Crippen LogP contribution in [-0.2, 0) is 0 Å². The van der Waals surface area contributed by atoms with Gasteiger partial charge in [0.15, 0.2) is 5.78 Å². The Hall–Kier alpha value is -0.570. The van der Waals surface area contributed by atoms with Gasteiger partial charge in [0.1, 0.15) is 0 Å². The first kappa shape index (κ1) is 12.5. The van der Waals surface area contributed by atoms with Crippen LogP contribution in [-0.4, -0.2) is 17.5 Å². The standard InChI is InChI=1S/C11H12Cl2O2/c1-7(2-3-14)11(15)8-4-9(12)6-10(13)5-8/h4-7,14H,2-3H2,1H3. The zero-order valence-electron chi connectivity index (χ0n) is 8.34. The van der Waals surface area contributed by atoms with Crippen molar-refractivity contribution in [3.8, 4) is 0 Å². The van der Waals surface area contributed by atoms with Gasteiger partial charge in [-0.15, -0.1) is 0 Å². The van der Waals surface area contributed by atoms with Gasteiger partial charge >= 0.3 is 0 Å². The molecule has 1 rings (SSSR count). The van der Waals surface area contributed by atoms with E-state index in [9.17, 15) is 4.79 Å². The summed E-state index contributed by atoms with van der Waals surface area (Å²) in [5.41, 5.74) is 0.494. The minimum Gasteiger partial charge on any atom is -0.396 e. The fourth-order valence-corrected chi connectivity index (χ4v) is 1.83. The minimum absolute atomic E-state index is 0.00119. The molecule has 0 spiro atoms. The monoisotopic (exact) mass is 246 g/mol. The molecule has 0 aliphatic heterocycles. The maximum atomic E-state index is 11.8. The molecule has 0 saturated heterocycles. The molecule has 1 aromatic rings. The maximum absolute atomic E-state index is 11.8. The van der Waals surface area contributed by atoms with E-state index in [0.29, 0.717) is 22.0 Å². The normalized spacial score (nSPS) is 12.5. The Morgan fingerprint density at radius 2 is 1.87 bits per heavy atom. The highest BCUT2D eigenvalue weighted by atomic mass is 35.5. The summed E-state index contributed by atoms with van der Waals surface area (Å²) >= 11 is 11.6. The number of rotatable bonds is 4. The molecule has 4 heteroatoms. The molecule has 1 aromatic carbocycles. The first-order valence-corrected chi connectivity index (χ1v) is 5.41. The van der Waals surface area contributed by atoms with Crippen molar-refractivity contribution < 1.29 is 9.90 Å². The molecule has 0 aliphatic rings. The van der Waals surface area contributed by atoms with Crippen molar-refractivity contribution in [2.75, 3.05) is 6.61 Å². The average molecular weight is 247 g/mol. The molecule has 0 saturated carbocycles. The lowest BCUT2D eigenvalue weighted by Crippen LogP contribution is -2.12. The lowest BCUT2D eigenvalue weighted by Gasteiger charge is -2.09. The molecule has 1 N–H and O–H groups in total. The summed E-state index contributed by atoms with van der Waals surface area (Å²) in [6.07, 6.45) is 0.447. The van der Waals surface area contributed by atoms with E-state index < -0.39 is 0 Å². The largest absolute Gasteiger partial charge is 0.396 e. The van der Waals surface area contributed by atoms with Gasteiger partial charge in [-0.1, -0.05) is 30.1 Å². The quantitative estimate of drug-likeness (QED) is 0.829. The Bertz CT molecular complexity index is 343. The molecule has 15 heavy (non-hydrogen) atoms. The number of carbonyl (C=O) groups is 1. The van der Waals surface area contributed by atoms with E-state index in [4.69, 9.17) is 28.3 Å². The van der Waals surface area contributed by atoms with E-state index in [1.54, 1.807) is 25.1 Å². The Labute approximate surface area is 98.8 Å². The molecule has 2 nitrogen and oxygen atoms in total. The number of halogens is 2. The van der Waals surface area contributed by atoms with Gasteiger partial charge < -0.3 is 5.11 Å². The number of ketones is 1. The van der Waals surface area contributed by atoms with Crippen LogP contribution in [0.2, 0.25) is 10.0 Å². The molecule has 0 heterocycles. The van der Waals surface area contributed by atoms with Crippen LogP contribution < -0.4 is 0 Å². The van der Waals surface area contributed by atoms with Crippen molar-refractivity contribution >= 4 is 29.0 Å². The maximum Gasteiger partial charge on any atom is 0.165 e. The molecular weight excluding hydrogens is 235 g/mol. The fourth-order valence-electron chi connectivity index (χ4n) is 1.31. The van der Waals surface area contributed by atoms with Gasteiger partial charge in [0, 0.05) is 28.1 Å². The van der Waals surface area contributed by atoms with Gasteiger partial charge in [0.25, 0.3) is 0 Å². The van der Waals surface area contributed by atoms with Crippen LogP contribution in [0.5, 0.6) is 0 Å². The minimum atomic E-state index is -0.218. The molecule has 1 atom stereocenters. The predicted molar refractivity (Wildman–Crippen MR) is 61.7 cm³/mol. The van der Waals surface area contributed by atoms with Gasteiger partial charge in [0.05, 0.1) is 0 Å². The molecule has 0 radical (unpaired) electrons. The Balaban J connectivity index is 2.90. The second kappa shape index (κ2) is 5.50. The van der Waals surface area contributed by atoms with E-state index in [0.717, 1.165) is 0 Å². The zero-order chi connectivity index (χ0) is 11.4. The summed E-state index contributed by atoms with van der Waals surface area (Å²) in [5, 5.41) is 9.63. The summed E-state index contributed by atoms with van der Waals surface area (Å²) in [6.45, 7) is 1.77. The first-order chi connectivity index (χ1) is 7.04. The lowest BCUT2D eigenvalue weighted by atomic mass is 9.97. The van der Waals surface area contributed by atoms with Crippen molar-refractivity contribution in [2.24, 2.45) is 5.92 Å². The highest BCUT2D eigenvalue weighted by Gasteiger charge is 2.15. The molecule has 0 bridgehead atoms. The molecule has 0 fully saturated rings. The average Bonchev–Trinajstić information content (AvgIpc) is 2.15. The van der Waals surface area contributed by atoms with E-state index in [-0.39, 0.29) is 18.3 Å². The van der Waals surface area contributed by atoms with Crippen LogP contribution in [0.3, 0.4) is 0 Å². The number of hydrogen-bond acceptors (Lipinski definition) is 2. The Kier molecular flexibility index (Phi) is 4.58. The molecule has 1 unspecified atom stereocenters. The number of hydrogen-bond donors (Lipinski definition) is 1. The summed E-state index contributed by atoms with van der Waals surface area (Å²) < 4.78 is 0. The topological polar surface area (TPSA) is 37.3 Å². The number of aliphatic hydroxyl groups is 1. The van der Waals surface area contributed by atoms with E-state index in [1.807, 2.05) is 0 Å². The van der Waals surface area contributed by atoms with Crippen LogP contribution in [0, 0.1) is 5.92 Å². The zero-order valence-corrected chi connectivity index (χ0v) is 9.85. The van der Waals surface area contributed by atoms with E-state index in [1.165, 1.54) is 0 Å². The van der Waals surface area contributed by atoms with Crippen LogP contribution in [0.15, 0.2) is 18.2 Å². The van der Waals surface area contributed by atoms with Gasteiger partial charge in [-0.25, -0.2) is 0 Å². The van der Waals surface area contributed by atoms with Crippen LogP contribution in [0.25, 0.3) is 0 Å². The van der Waals surface area contributed by atoms with E-state index >= 15 is 0 Å². The summed E-state index contributed by atoms with van der Waals surface area (Å²) in [4.78, 5) is 11.8. The predicted octanol–water partition coefficient (Wildman–Crippen LogP) is 3.19.